The summed E-state index contributed by atoms with van der Waals surface area (Å²) < 4.78 is 0. The number of halogens is 2. The van der Waals surface area contributed by atoms with E-state index in [-0.39, 0.29) is 0 Å². The molecule has 0 aliphatic carbocycles. The minimum Gasteiger partial charge on any atom is -0.324 e. The van der Waals surface area contributed by atoms with Gasteiger partial charge in [-0.25, -0.2) is 0 Å². The highest BCUT2D eigenvalue weighted by Crippen LogP contribution is 2.23. The summed E-state index contributed by atoms with van der Waals surface area (Å²) in [6.07, 6.45) is 1.74. The average molecular weight is 331 g/mol. The standard InChI is InChI=1S/C13H12Cl2N2O2S/c1-7(20-2)12(18)11(6-16)13(19)17-10-4-8(14)3-9(15)5-10/h3-5,7,11H,1-2H3,(H,17,19)/t7-,11-/m1/s1. The maximum atomic E-state index is 12.0. The molecule has 1 amide bonds. The molecule has 7 heteroatoms. The van der Waals surface area contributed by atoms with Crippen molar-refractivity contribution >= 4 is 52.3 Å². The molecule has 0 radical (unpaired) electrons. The van der Waals surface area contributed by atoms with Gasteiger partial charge < -0.3 is 5.32 Å². The number of ketones is 1. The summed E-state index contributed by atoms with van der Waals surface area (Å²) in [5.74, 6) is -2.46. The molecule has 0 fully saturated rings. The quantitative estimate of drug-likeness (QED) is 0.840. The fourth-order valence-electron chi connectivity index (χ4n) is 1.44. The van der Waals surface area contributed by atoms with E-state index in [4.69, 9.17) is 28.5 Å². The number of nitrogens with zero attached hydrogens (tertiary/aromatic N) is 1. The first-order valence-electron chi connectivity index (χ1n) is 5.62. The van der Waals surface area contributed by atoms with Crippen molar-refractivity contribution in [2.45, 2.75) is 12.2 Å². The highest BCUT2D eigenvalue weighted by molar-refractivity contribution is 7.99. The van der Waals surface area contributed by atoms with E-state index in [1.807, 2.05) is 0 Å². The van der Waals surface area contributed by atoms with E-state index in [0.717, 1.165) is 0 Å². The van der Waals surface area contributed by atoms with E-state index in [1.165, 1.54) is 30.0 Å². The van der Waals surface area contributed by atoms with Crippen molar-refractivity contribution in [1.29, 1.82) is 5.26 Å². The van der Waals surface area contributed by atoms with Gasteiger partial charge in [-0.15, -0.1) is 0 Å². The van der Waals surface area contributed by atoms with Crippen LogP contribution in [0.2, 0.25) is 10.0 Å². The van der Waals surface area contributed by atoms with Crippen molar-refractivity contribution in [2.24, 2.45) is 5.92 Å². The third-order valence-corrected chi connectivity index (χ3v) is 3.94. The molecule has 4 nitrogen and oxygen atoms in total. The summed E-state index contributed by atoms with van der Waals surface area (Å²) in [5, 5.41) is 11.8. The normalized spacial score (nSPS) is 13.2. The Kier molecular flexibility index (Phi) is 6.34. The summed E-state index contributed by atoms with van der Waals surface area (Å²) in [7, 11) is 0. The zero-order chi connectivity index (χ0) is 15.3. The van der Waals surface area contributed by atoms with E-state index in [1.54, 1.807) is 19.2 Å². The second kappa shape index (κ2) is 7.53. The van der Waals surface area contributed by atoms with Crippen molar-refractivity contribution in [3.8, 4) is 6.07 Å². The molecule has 1 aromatic rings. The molecule has 2 atom stereocenters. The third kappa shape index (κ3) is 4.41. The average Bonchev–Trinajstić information content (AvgIpc) is 2.37. The molecule has 0 aliphatic heterocycles. The van der Waals surface area contributed by atoms with Crippen LogP contribution in [0.1, 0.15) is 6.92 Å². The molecular weight excluding hydrogens is 319 g/mol. The van der Waals surface area contributed by atoms with E-state index in [0.29, 0.717) is 15.7 Å². The minimum absolute atomic E-state index is 0.345. The molecule has 1 N–H and O–H groups in total. The number of amides is 1. The summed E-state index contributed by atoms with van der Waals surface area (Å²) >= 11 is 12.9. The lowest BCUT2D eigenvalue weighted by atomic mass is 10.0. The number of carbonyl (C=O) groups is 2. The van der Waals surface area contributed by atoms with Crippen LogP contribution in [-0.2, 0) is 9.59 Å². The number of thioether (sulfide) groups is 1. The molecule has 0 bridgehead atoms. The molecule has 0 saturated carbocycles. The molecule has 0 heterocycles. The monoisotopic (exact) mass is 330 g/mol. The van der Waals surface area contributed by atoms with E-state index < -0.39 is 22.9 Å². The highest BCUT2D eigenvalue weighted by atomic mass is 35.5. The molecule has 1 aromatic carbocycles. The Hall–Kier alpha value is -1.22. The van der Waals surface area contributed by atoms with Gasteiger partial charge in [0.1, 0.15) is 0 Å². The minimum atomic E-state index is -1.35. The topological polar surface area (TPSA) is 70.0 Å². The van der Waals surface area contributed by atoms with Crippen LogP contribution in [0.5, 0.6) is 0 Å². The summed E-state index contributed by atoms with van der Waals surface area (Å²) in [6, 6.07) is 6.22. The lowest BCUT2D eigenvalue weighted by molar-refractivity contribution is -0.128. The van der Waals surface area contributed by atoms with Gasteiger partial charge in [0.2, 0.25) is 5.91 Å². The van der Waals surface area contributed by atoms with Gasteiger partial charge >= 0.3 is 0 Å². The molecule has 0 saturated heterocycles. The van der Waals surface area contributed by atoms with Crippen LogP contribution in [0.25, 0.3) is 0 Å². The van der Waals surface area contributed by atoms with Gasteiger partial charge in [-0.2, -0.15) is 17.0 Å². The fraction of sp³-hybridized carbons (Fsp3) is 0.308. The van der Waals surface area contributed by atoms with Crippen LogP contribution in [0.15, 0.2) is 18.2 Å². The predicted octanol–water partition coefficient (Wildman–Crippen LogP) is 3.39. The number of anilines is 1. The number of nitriles is 1. The Morgan fingerprint density at radius 2 is 1.85 bits per heavy atom. The van der Waals surface area contributed by atoms with Crippen molar-refractivity contribution in [2.75, 3.05) is 11.6 Å². The Balaban J connectivity index is 2.88. The van der Waals surface area contributed by atoms with Gasteiger partial charge in [0.25, 0.3) is 0 Å². The van der Waals surface area contributed by atoms with Gasteiger partial charge in [-0.1, -0.05) is 23.2 Å². The number of nitrogens with one attached hydrogen (secondary N) is 1. The Morgan fingerprint density at radius 1 is 1.30 bits per heavy atom. The highest BCUT2D eigenvalue weighted by Gasteiger charge is 2.30. The van der Waals surface area contributed by atoms with Crippen LogP contribution in [0.3, 0.4) is 0 Å². The van der Waals surface area contributed by atoms with Crippen molar-refractivity contribution < 1.29 is 9.59 Å². The van der Waals surface area contributed by atoms with Gasteiger partial charge in [0, 0.05) is 15.7 Å². The molecule has 106 valence electrons. The first-order chi connectivity index (χ1) is 9.38. The van der Waals surface area contributed by atoms with Gasteiger partial charge in [0.15, 0.2) is 11.7 Å². The smallest absolute Gasteiger partial charge is 0.249 e. The number of hydrogen-bond acceptors (Lipinski definition) is 4. The first kappa shape index (κ1) is 16.8. The fourth-order valence-corrected chi connectivity index (χ4v) is 2.34. The van der Waals surface area contributed by atoms with Crippen LogP contribution in [0, 0.1) is 17.2 Å². The van der Waals surface area contributed by atoms with Gasteiger partial charge in [-0.3, -0.25) is 9.59 Å². The van der Waals surface area contributed by atoms with Crippen LogP contribution in [-0.4, -0.2) is 23.2 Å². The van der Waals surface area contributed by atoms with E-state index in [9.17, 15) is 9.59 Å². The Labute approximate surface area is 131 Å². The van der Waals surface area contributed by atoms with Crippen LogP contribution < -0.4 is 5.32 Å². The van der Waals surface area contributed by atoms with E-state index >= 15 is 0 Å². The number of benzene rings is 1. The molecule has 20 heavy (non-hydrogen) atoms. The number of carbonyl (C=O) groups excluding carboxylic acids is 2. The zero-order valence-corrected chi connectivity index (χ0v) is 13.1. The summed E-state index contributed by atoms with van der Waals surface area (Å²) in [6.45, 7) is 1.65. The summed E-state index contributed by atoms with van der Waals surface area (Å²) in [5.41, 5.74) is 0.345. The Bertz CT molecular complexity index is 552. The van der Waals surface area contributed by atoms with Crippen molar-refractivity contribution in [3.05, 3.63) is 28.2 Å². The first-order valence-corrected chi connectivity index (χ1v) is 7.66. The molecule has 0 unspecified atom stereocenters. The maximum Gasteiger partial charge on any atom is 0.249 e. The van der Waals surface area contributed by atoms with Gasteiger partial charge in [-0.05, 0) is 31.4 Å². The zero-order valence-electron chi connectivity index (χ0n) is 10.8. The van der Waals surface area contributed by atoms with Crippen LogP contribution in [0.4, 0.5) is 5.69 Å². The molecule has 0 aromatic heterocycles. The van der Waals surface area contributed by atoms with E-state index in [2.05, 4.69) is 5.32 Å². The number of rotatable bonds is 5. The van der Waals surface area contributed by atoms with Crippen molar-refractivity contribution in [1.82, 2.24) is 0 Å². The SMILES string of the molecule is CS[C@H](C)C(=O)[C@@H](C#N)C(=O)Nc1cc(Cl)cc(Cl)c1. The number of Topliss-reactive ketones (excluding diaryl/α,β-unsaturated/α-hetero) is 1. The lowest BCUT2D eigenvalue weighted by Gasteiger charge is -2.13. The largest absolute Gasteiger partial charge is 0.324 e. The summed E-state index contributed by atoms with van der Waals surface area (Å²) in [4.78, 5) is 23.9. The van der Waals surface area contributed by atoms with Crippen molar-refractivity contribution in [3.63, 3.8) is 0 Å². The van der Waals surface area contributed by atoms with Gasteiger partial charge in [0.05, 0.1) is 11.3 Å². The van der Waals surface area contributed by atoms with Crippen LogP contribution >= 0.6 is 35.0 Å². The molecule has 1 rings (SSSR count). The second-order valence-corrected chi connectivity index (χ2v) is 6.04. The molecule has 0 spiro atoms. The maximum absolute atomic E-state index is 12.0. The molecular formula is C13H12Cl2N2O2S. The number of hydrogen-bond donors (Lipinski definition) is 1. The second-order valence-electron chi connectivity index (χ2n) is 3.99. The Morgan fingerprint density at radius 3 is 2.30 bits per heavy atom. The third-order valence-electron chi connectivity index (χ3n) is 2.56. The lowest BCUT2D eigenvalue weighted by Crippen LogP contribution is -2.33. The molecule has 0 aliphatic rings. The predicted molar refractivity (Wildman–Crippen MR) is 82.2 cm³/mol.